The Morgan fingerprint density at radius 3 is 2.17 bits per heavy atom. The molecule has 0 radical (unpaired) electrons. The van der Waals surface area contributed by atoms with E-state index in [2.05, 4.69) is 0 Å². The number of carbonyl (C=O) groups excluding carboxylic acids is 3. The number of esters is 3. The molecule has 208 valence electrons. The summed E-state index contributed by atoms with van der Waals surface area (Å²) in [5.74, 6) is -0.716. The van der Waals surface area contributed by atoms with Crippen LogP contribution in [0.25, 0.3) is 0 Å². The fourth-order valence-electron chi connectivity index (χ4n) is 3.56. The highest BCUT2D eigenvalue weighted by Crippen LogP contribution is 2.20. The third kappa shape index (κ3) is 8.81. The monoisotopic (exact) mass is 546 g/mol. The van der Waals surface area contributed by atoms with E-state index in [4.69, 9.17) is 34.8 Å². The smallest absolute Gasteiger partial charge is 0.341 e. The summed E-state index contributed by atoms with van der Waals surface area (Å²) in [6.45, 7) is 4.06. The lowest BCUT2D eigenvalue weighted by molar-refractivity contribution is -0.00976. The van der Waals surface area contributed by atoms with Crippen LogP contribution in [0.1, 0.15) is 51.3 Å². The van der Waals surface area contributed by atoms with Crippen LogP contribution in [-0.4, -0.2) is 50.4 Å². The van der Waals surface area contributed by atoms with Gasteiger partial charge in [-0.15, -0.1) is 0 Å². The Hall–Kier alpha value is -4.97. The molecule has 3 rings (SSSR count). The van der Waals surface area contributed by atoms with Gasteiger partial charge >= 0.3 is 17.9 Å². The van der Waals surface area contributed by atoms with Crippen LogP contribution in [0.3, 0.4) is 0 Å². The van der Waals surface area contributed by atoms with E-state index < -0.39 is 24.0 Å². The summed E-state index contributed by atoms with van der Waals surface area (Å²) in [6, 6.07) is 19.4. The number of terminal acetylenes is 1. The molecular weight excluding hydrogens is 516 g/mol. The Morgan fingerprint density at radius 1 is 0.775 bits per heavy atom. The van der Waals surface area contributed by atoms with Gasteiger partial charge in [0.2, 0.25) is 0 Å². The molecule has 0 bridgehead atoms. The number of hydrogen-bond donors (Lipinski definition) is 0. The number of rotatable bonds is 14. The molecule has 1 atom stereocenters. The molecule has 0 saturated carbocycles. The van der Waals surface area contributed by atoms with Crippen LogP contribution in [0.5, 0.6) is 17.2 Å². The lowest BCUT2D eigenvalue weighted by Crippen LogP contribution is -2.27. The van der Waals surface area contributed by atoms with Crippen LogP contribution in [-0.2, 0) is 14.2 Å². The summed E-state index contributed by atoms with van der Waals surface area (Å²) in [7, 11) is 0. The first kappa shape index (κ1) is 29.6. The highest BCUT2D eigenvalue weighted by atomic mass is 16.6. The number of benzene rings is 3. The van der Waals surface area contributed by atoms with Crippen molar-refractivity contribution in [3.05, 3.63) is 89.5 Å². The van der Waals surface area contributed by atoms with Crippen molar-refractivity contribution >= 4 is 17.9 Å². The van der Waals surface area contributed by atoms with E-state index in [-0.39, 0.29) is 36.3 Å². The second-order valence-corrected chi connectivity index (χ2v) is 8.19. The molecule has 0 heterocycles. The maximum Gasteiger partial charge on any atom is 0.341 e. The average molecular weight is 547 g/mol. The first-order chi connectivity index (χ1) is 19.4. The van der Waals surface area contributed by atoms with Gasteiger partial charge in [-0.1, -0.05) is 30.7 Å². The average Bonchev–Trinajstić information content (AvgIpc) is 2.96. The minimum atomic E-state index is -0.924. The third-order valence-electron chi connectivity index (χ3n) is 5.38. The Balaban J connectivity index is 1.68. The molecule has 0 amide bonds. The second kappa shape index (κ2) is 15.4. The summed E-state index contributed by atoms with van der Waals surface area (Å²) in [6.07, 6.45) is 6.32. The van der Waals surface area contributed by atoms with E-state index in [0.717, 1.165) is 0 Å². The van der Waals surface area contributed by atoms with Crippen LogP contribution >= 0.6 is 0 Å². The molecule has 9 heteroatoms. The topological polar surface area (TPSA) is 107 Å². The third-order valence-corrected chi connectivity index (χ3v) is 5.38. The van der Waals surface area contributed by atoms with Crippen molar-refractivity contribution in [2.75, 3.05) is 26.4 Å². The van der Waals surface area contributed by atoms with Gasteiger partial charge in [0.25, 0.3) is 0 Å². The molecule has 0 spiro atoms. The van der Waals surface area contributed by atoms with Gasteiger partial charge < -0.3 is 28.4 Å². The maximum atomic E-state index is 12.9. The molecular formula is C31H30O9. The fraction of sp³-hybridized carbons (Fsp3) is 0.258. The highest BCUT2D eigenvalue weighted by Gasteiger charge is 2.21. The number of para-hydroxylation sites is 1. The second-order valence-electron chi connectivity index (χ2n) is 8.19. The zero-order chi connectivity index (χ0) is 28.7. The van der Waals surface area contributed by atoms with Gasteiger partial charge in [-0.25, -0.2) is 14.4 Å². The summed E-state index contributed by atoms with van der Waals surface area (Å²) in [5.41, 5.74) is 0.719. The van der Waals surface area contributed by atoms with Crippen molar-refractivity contribution < 1.29 is 42.8 Å². The molecule has 0 N–H and O–H groups in total. The standard InChI is InChI=1S/C31H30O9/c1-4-35-24-13-9-11-22(19-24)29(32)39-21-26(40-30(33)23-12-10-14-25(20-23)36-5-2)17-18-38-31(34)27-15-7-8-16-28(27)37-6-3/h1,7-16,19-20,26H,5-6,17-18,21H2,2-3H3. The Morgan fingerprint density at radius 2 is 1.45 bits per heavy atom. The van der Waals surface area contributed by atoms with Crippen LogP contribution in [0.4, 0.5) is 0 Å². The minimum Gasteiger partial charge on any atom is -0.494 e. The molecule has 0 aliphatic heterocycles. The van der Waals surface area contributed by atoms with E-state index in [1.807, 2.05) is 20.0 Å². The molecule has 0 aliphatic rings. The maximum absolute atomic E-state index is 12.9. The zero-order valence-corrected chi connectivity index (χ0v) is 22.3. The molecule has 0 aromatic heterocycles. The van der Waals surface area contributed by atoms with Gasteiger partial charge in [0, 0.05) is 6.42 Å². The van der Waals surface area contributed by atoms with Gasteiger partial charge in [-0.05, 0) is 62.4 Å². The summed E-state index contributed by atoms with van der Waals surface area (Å²) >= 11 is 0. The molecule has 0 fully saturated rings. The Kier molecular flexibility index (Phi) is 11.4. The molecule has 40 heavy (non-hydrogen) atoms. The predicted molar refractivity (Wildman–Crippen MR) is 146 cm³/mol. The SMILES string of the molecule is C#COc1cccc(C(=O)OCC(CCOC(=O)c2ccccc2OCC)OC(=O)c2cccc(OCC)c2)c1. The summed E-state index contributed by atoms with van der Waals surface area (Å²) < 4.78 is 32.4. The normalized spacial score (nSPS) is 10.9. The quantitative estimate of drug-likeness (QED) is 0.155. The van der Waals surface area contributed by atoms with E-state index >= 15 is 0 Å². The summed E-state index contributed by atoms with van der Waals surface area (Å²) in [4.78, 5) is 38.2. The molecule has 0 saturated heterocycles. The number of carbonyl (C=O) groups is 3. The lowest BCUT2D eigenvalue weighted by Gasteiger charge is -2.19. The van der Waals surface area contributed by atoms with Crippen molar-refractivity contribution in [3.63, 3.8) is 0 Å². The van der Waals surface area contributed by atoms with Gasteiger partial charge in [0.15, 0.2) is 0 Å². The van der Waals surface area contributed by atoms with Gasteiger partial charge in [0.1, 0.15) is 41.6 Å². The van der Waals surface area contributed by atoms with Crippen molar-refractivity contribution in [2.24, 2.45) is 0 Å². The van der Waals surface area contributed by atoms with Crippen LogP contribution in [0, 0.1) is 12.5 Å². The van der Waals surface area contributed by atoms with E-state index in [9.17, 15) is 14.4 Å². The Labute approximate surface area is 232 Å². The minimum absolute atomic E-state index is 0.0625. The van der Waals surface area contributed by atoms with Gasteiger partial charge in [-0.2, -0.15) is 0 Å². The van der Waals surface area contributed by atoms with Crippen LogP contribution in [0.2, 0.25) is 0 Å². The Bertz CT molecular complexity index is 1340. The largest absolute Gasteiger partial charge is 0.494 e. The van der Waals surface area contributed by atoms with Crippen LogP contribution in [0.15, 0.2) is 72.8 Å². The first-order valence-corrected chi connectivity index (χ1v) is 12.7. The lowest BCUT2D eigenvalue weighted by atomic mass is 10.2. The predicted octanol–water partition coefficient (Wildman–Crippen LogP) is 5.08. The van der Waals surface area contributed by atoms with Crippen molar-refractivity contribution in [1.29, 1.82) is 0 Å². The number of hydrogen-bond acceptors (Lipinski definition) is 9. The molecule has 3 aromatic rings. The van der Waals surface area contributed by atoms with Crippen molar-refractivity contribution in [2.45, 2.75) is 26.4 Å². The van der Waals surface area contributed by atoms with Crippen molar-refractivity contribution in [3.8, 4) is 29.8 Å². The zero-order valence-electron chi connectivity index (χ0n) is 22.3. The molecule has 9 nitrogen and oxygen atoms in total. The summed E-state index contributed by atoms with van der Waals surface area (Å²) in [5, 5.41) is 0. The number of ether oxygens (including phenoxy) is 6. The molecule has 3 aromatic carbocycles. The van der Waals surface area contributed by atoms with E-state index in [0.29, 0.717) is 30.5 Å². The van der Waals surface area contributed by atoms with E-state index in [1.165, 1.54) is 12.1 Å². The van der Waals surface area contributed by atoms with Gasteiger partial charge in [0.05, 0.1) is 30.9 Å². The van der Waals surface area contributed by atoms with E-state index in [1.54, 1.807) is 60.7 Å². The molecule has 0 aliphatic carbocycles. The fourth-order valence-corrected chi connectivity index (χ4v) is 3.56. The molecule has 1 unspecified atom stereocenters. The highest BCUT2D eigenvalue weighted by molar-refractivity contribution is 5.92. The van der Waals surface area contributed by atoms with Gasteiger partial charge in [-0.3, -0.25) is 0 Å². The van der Waals surface area contributed by atoms with Crippen molar-refractivity contribution in [1.82, 2.24) is 0 Å². The first-order valence-electron chi connectivity index (χ1n) is 12.7. The van der Waals surface area contributed by atoms with Crippen LogP contribution < -0.4 is 14.2 Å².